The van der Waals surface area contributed by atoms with E-state index in [1.807, 2.05) is 0 Å². The molecule has 6 nitrogen and oxygen atoms in total. The van der Waals surface area contributed by atoms with Crippen LogP contribution < -0.4 is 10.5 Å². The molecule has 0 bridgehead atoms. The minimum atomic E-state index is -3.30. The molecule has 0 atom stereocenters. The topological polar surface area (TPSA) is 78.7 Å². The van der Waals surface area contributed by atoms with E-state index >= 15 is 0 Å². The smallest absolute Gasteiger partial charge is 0.279 e. The Balaban J connectivity index is 1.76. The molecule has 7 heteroatoms. The normalized spacial score (nSPS) is 25.1. The highest BCUT2D eigenvalue weighted by Crippen LogP contribution is 2.19. The van der Waals surface area contributed by atoms with Crippen LogP contribution in [0.5, 0.6) is 0 Å². The minimum absolute atomic E-state index is 0.475. The zero-order valence-corrected chi connectivity index (χ0v) is 13.2. The molecule has 2 aliphatic heterocycles. The summed E-state index contributed by atoms with van der Waals surface area (Å²) >= 11 is 0. The molecule has 0 spiro atoms. The fourth-order valence-corrected chi connectivity index (χ4v) is 4.29. The molecule has 20 heavy (non-hydrogen) atoms. The molecule has 0 aromatic carbocycles. The van der Waals surface area contributed by atoms with Crippen molar-refractivity contribution in [2.45, 2.75) is 25.7 Å². The van der Waals surface area contributed by atoms with E-state index in [0.29, 0.717) is 38.0 Å². The van der Waals surface area contributed by atoms with Gasteiger partial charge in [0, 0.05) is 19.6 Å². The van der Waals surface area contributed by atoms with Gasteiger partial charge in [-0.15, -0.1) is 0 Å². The van der Waals surface area contributed by atoms with E-state index in [4.69, 9.17) is 5.73 Å². The largest absolute Gasteiger partial charge is 0.330 e. The highest BCUT2D eigenvalue weighted by atomic mass is 32.2. The second-order valence-corrected chi connectivity index (χ2v) is 7.93. The quantitative estimate of drug-likeness (QED) is 0.739. The third-order valence-electron chi connectivity index (χ3n) is 4.64. The van der Waals surface area contributed by atoms with Gasteiger partial charge in [-0.25, -0.2) is 4.72 Å². The summed E-state index contributed by atoms with van der Waals surface area (Å²) in [4.78, 5) is 2.29. The van der Waals surface area contributed by atoms with Crippen LogP contribution in [0.3, 0.4) is 0 Å². The summed E-state index contributed by atoms with van der Waals surface area (Å²) in [5.41, 5.74) is 5.64. The van der Waals surface area contributed by atoms with Crippen molar-refractivity contribution in [2.24, 2.45) is 17.6 Å². The fraction of sp³-hybridized carbons (Fsp3) is 1.00. The van der Waals surface area contributed by atoms with E-state index in [2.05, 4.69) is 16.7 Å². The Bertz CT molecular complexity index is 385. The standard InChI is InChI=1S/C13H28N4O2S/c1-16-6-2-13(3-7-16)11-15-20(18,19)17-8-4-12(10-14)5-9-17/h12-13,15H,2-11,14H2,1H3. The van der Waals surface area contributed by atoms with E-state index in [1.165, 1.54) is 0 Å². The molecule has 0 aromatic rings. The number of nitrogens with two attached hydrogens (primary N) is 1. The van der Waals surface area contributed by atoms with Gasteiger partial charge in [-0.3, -0.25) is 0 Å². The van der Waals surface area contributed by atoms with Crippen LogP contribution in [0.1, 0.15) is 25.7 Å². The predicted molar refractivity (Wildman–Crippen MR) is 80.5 cm³/mol. The molecule has 0 aromatic heterocycles. The lowest BCUT2D eigenvalue weighted by Gasteiger charge is -2.32. The van der Waals surface area contributed by atoms with Gasteiger partial charge < -0.3 is 10.6 Å². The van der Waals surface area contributed by atoms with Gasteiger partial charge in [0.25, 0.3) is 10.2 Å². The first-order valence-electron chi connectivity index (χ1n) is 7.64. The number of hydrogen-bond acceptors (Lipinski definition) is 4. The summed E-state index contributed by atoms with van der Waals surface area (Å²) in [6.07, 6.45) is 3.92. The molecule has 0 aliphatic carbocycles. The van der Waals surface area contributed by atoms with Crippen LogP contribution in [-0.4, -0.2) is 63.9 Å². The van der Waals surface area contributed by atoms with Crippen molar-refractivity contribution in [3.63, 3.8) is 0 Å². The zero-order chi connectivity index (χ0) is 14.6. The van der Waals surface area contributed by atoms with Gasteiger partial charge in [0.2, 0.25) is 0 Å². The van der Waals surface area contributed by atoms with Gasteiger partial charge in [0.15, 0.2) is 0 Å². The number of nitrogens with one attached hydrogen (secondary N) is 1. The van der Waals surface area contributed by atoms with Crippen molar-refractivity contribution in [1.29, 1.82) is 0 Å². The SMILES string of the molecule is CN1CCC(CNS(=O)(=O)N2CCC(CN)CC2)CC1. The summed E-state index contributed by atoms with van der Waals surface area (Å²) in [5.74, 6) is 0.956. The highest BCUT2D eigenvalue weighted by Gasteiger charge is 2.28. The molecule has 0 unspecified atom stereocenters. The first-order chi connectivity index (χ1) is 9.51. The summed E-state index contributed by atoms with van der Waals surface area (Å²) < 4.78 is 28.9. The predicted octanol–water partition coefficient (Wildman–Crippen LogP) is -0.167. The van der Waals surface area contributed by atoms with Gasteiger partial charge in [0.05, 0.1) is 0 Å². The molecular weight excluding hydrogens is 276 g/mol. The van der Waals surface area contributed by atoms with Gasteiger partial charge >= 0.3 is 0 Å². The van der Waals surface area contributed by atoms with Crippen molar-refractivity contribution in [3.05, 3.63) is 0 Å². The Hall–Kier alpha value is -0.210. The van der Waals surface area contributed by atoms with E-state index < -0.39 is 10.2 Å². The molecule has 2 heterocycles. The molecule has 2 rings (SSSR count). The Morgan fingerprint density at radius 2 is 1.60 bits per heavy atom. The molecule has 0 radical (unpaired) electrons. The van der Waals surface area contributed by atoms with Crippen molar-refractivity contribution in [3.8, 4) is 0 Å². The molecule has 0 saturated carbocycles. The number of likely N-dealkylation sites (tertiary alicyclic amines) is 1. The van der Waals surface area contributed by atoms with Crippen molar-refractivity contribution < 1.29 is 8.42 Å². The fourth-order valence-electron chi connectivity index (χ4n) is 2.97. The lowest BCUT2D eigenvalue weighted by molar-refractivity contribution is 0.219. The van der Waals surface area contributed by atoms with Gasteiger partial charge in [-0.05, 0) is 64.2 Å². The van der Waals surface area contributed by atoms with Crippen LogP contribution in [0.15, 0.2) is 0 Å². The summed E-state index contributed by atoms with van der Waals surface area (Å²) in [6.45, 7) is 4.57. The van der Waals surface area contributed by atoms with Gasteiger partial charge in [-0.1, -0.05) is 0 Å². The van der Waals surface area contributed by atoms with E-state index in [0.717, 1.165) is 38.8 Å². The van der Waals surface area contributed by atoms with Crippen LogP contribution in [0.2, 0.25) is 0 Å². The van der Waals surface area contributed by atoms with E-state index in [-0.39, 0.29) is 0 Å². The summed E-state index contributed by atoms with van der Waals surface area (Å²) in [7, 11) is -1.19. The number of nitrogens with zero attached hydrogens (tertiary/aromatic N) is 2. The maximum atomic E-state index is 12.3. The highest BCUT2D eigenvalue weighted by molar-refractivity contribution is 7.87. The molecule has 2 aliphatic rings. The number of piperidine rings is 2. The van der Waals surface area contributed by atoms with E-state index in [9.17, 15) is 8.42 Å². The summed E-state index contributed by atoms with van der Waals surface area (Å²) in [5, 5.41) is 0. The number of hydrogen-bond donors (Lipinski definition) is 2. The molecular formula is C13H28N4O2S. The maximum Gasteiger partial charge on any atom is 0.279 e. The Morgan fingerprint density at radius 1 is 1.05 bits per heavy atom. The van der Waals surface area contributed by atoms with Crippen molar-refractivity contribution in [2.75, 3.05) is 46.3 Å². The Kier molecular flexibility index (Phi) is 5.80. The molecule has 2 fully saturated rings. The second-order valence-electron chi connectivity index (χ2n) is 6.18. The molecule has 118 valence electrons. The van der Waals surface area contributed by atoms with Crippen molar-refractivity contribution >= 4 is 10.2 Å². The van der Waals surface area contributed by atoms with Crippen LogP contribution in [0.25, 0.3) is 0 Å². The van der Waals surface area contributed by atoms with Crippen LogP contribution in [0.4, 0.5) is 0 Å². The second kappa shape index (κ2) is 7.17. The monoisotopic (exact) mass is 304 g/mol. The lowest BCUT2D eigenvalue weighted by atomic mass is 9.98. The van der Waals surface area contributed by atoms with Crippen LogP contribution in [0, 0.1) is 11.8 Å². The van der Waals surface area contributed by atoms with Crippen molar-refractivity contribution in [1.82, 2.24) is 13.9 Å². The average molecular weight is 304 g/mol. The maximum absolute atomic E-state index is 12.3. The molecule has 0 amide bonds. The third-order valence-corrected chi connectivity index (χ3v) is 6.22. The zero-order valence-electron chi connectivity index (χ0n) is 12.4. The first-order valence-corrected chi connectivity index (χ1v) is 9.08. The van der Waals surface area contributed by atoms with Crippen LogP contribution in [-0.2, 0) is 10.2 Å². The third kappa shape index (κ3) is 4.39. The molecule has 2 saturated heterocycles. The summed E-state index contributed by atoms with van der Waals surface area (Å²) in [6, 6.07) is 0. The van der Waals surface area contributed by atoms with Crippen LogP contribution >= 0.6 is 0 Å². The first kappa shape index (κ1) is 16.2. The Labute approximate surface area is 122 Å². The van der Waals surface area contributed by atoms with Gasteiger partial charge in [0.1, 0.15) is 0 Å². The van der Waals surface area contributed by atoms with Gasteiger partial charge in [-0.2, -0.15) is 12.7 Å². The lowest BCUT2D eigenvalue weighted by Crippen LogP contribution is -2.47. The minimum Gasteiger partial charge on any atom is -0.330 e. The average Bonchev–Trinajstić information content (AvgIpc) is 2.47. The number of rotatable bonds is 5. The molecule has 3 N–H and O–H groups in total. The Morgan fingerprint density at radius 3 is 2.15 bits per heavy atom. The van der Waals surface area contributed by atoms with E-state index in [1.54, 1.807) is 4.31 Å².